The van der Waals surface area contributed by atoms with E-state index in [9.17, 15) is 13.2 Å². The predicted octanol–water partition coefficient (Wildman–Crippen LogP) is 3.72. The number of sulfonamides is 1. The lowest BCUT2D eigenvalue weighted by Gasteiger charge is -2.24. The molecule has 3 rings (SSSR count). The van der Waals surface area contributed by atoms with Gasteiger partial charge in [0, 0.05) is 17.0 Å². The first-order valence-corrected chi connectivity index (χ1v) is 10.2. The second-order valence-corrected chi connectivity index (χ2v) is 8.30. The zero-order chi connectivity index (χ0) is 20.3. The number of methoxy groups -OCH3 is 1. The third-order valence-electron chi connectivity index (χ3n) is 4.43. The number of benzene rings is 2. The van der Waals surface area contributed by atoms with Crippen LogP contribution in [0.2, 0.25) is 0 Å². The Bertz CT molecular complexity index is 1070. The third kappa shape index (κ3) is 3.94. The summed E-state index contributed by atoms with van der Waals surface area (Å²) in [7, 11) is -2.39. The Balaban J connectivity index is 2.03. The van der Waals surface area contributed by atoms with E-state index in [1.54, 1.807) is 55.5 Å². The lowest BCUT2D eigenvalue weighted by atomic mass is 10.1. The predicted molar refractivity (Wildman–Crippen MR) is 109 cm³/mol. The van der Waals surface area contributed by atoms with Crippen LogP contribution in [0.3, 0.4) is 0 Å². The van der Waals surface area contributed by atoms with Crippen LogP contribution >= 0.6 is 0 Å². The van der Waals surface area contributed by atoms with Crippen LogP contribution in [0.4, 0.5) is 5.69 Å². The van der Waals surface area contributed by atoms with Crippen molar-refractivity contribution in [1.82, 2.24) is 4.98 Å². The summed E-state index contributed by atoms with van der Waals surface area (Å²) in [6, 6.07) is 16.4. The number of H-pyrrole nitrogens is 1. The Morgan fingerprint density at radius 2 is 1.68 bits per heavy atom. The second-order valence-electron chi connectivity index (χ2n) is 6.44. The normalized spacial score (nSPS) is 11.2. The minimum Gasteiger partial charge on any atom is -0.497 e. The molecule has 0 bridgehead atoms. The van der Waals surface area contributed by atoms with E-state index in [-0.39, 0.29) is 17.2 Å². The lowest BCUT2D eigenvalue weighted by molar-refractivity contribution is 0.100. The number of carbonyl (C=O) groups is 1. The molecule has 6 nitrogen and oxygen atoms in total. The molecule has 2 aromatic carbocycles. The highest BCUT2D eigenvalue weighted by molar-refractivity contribution is 7.92. The fraction of sp³-hybridized carbons (Fsp3) is 0.190. The Hall–Kier alpha value is -3.06. The average Bonchev–Trinajstić information content (AvgIpc) is 3.05. The van der Waals surface area contributed by atoms with Crippen molar-refractivity contribution in [3.05, 3.63) is 77.6 Å². The number of ether oxygens (including phenoxy) is 1. The highest BCUT2D eigenvalue weighted by atomic mass is 32.2. The molecule has 7 heteroatoms. The number of nitrogens with one attached hydrogen (secondary N) is 1. The van der Waals surface area contributed by atoms with E-state index in [0.29, 0.717) is 22.7 Å². The molecule has 1 N–H and O–H groups in total. The molecule has 0 saturated heterocycles. The summed E-state index contributed by atoms with van der Waals surface area (Å²) in [5, 5.41) is 0. The summed E-state index contributed by atoms with van der Waals surface area (Å²) in [6.07, 6.45) is 0. The molecule has 0 aliphatic heterocycles. The maximum Gasteiger partial charge on any atom is 0.264 e. The van der Waals surface area contributed by atoms with Gasteiger partial charge in [0.25, 0.3) is 10.0 Å². The molecule has 0 radical (unpaired) electrons. The van der Waals surface area contributed by atoms with E-state index in [1.807, 2.05) is 6.92 Å². The molecule has 146 valence electrons. The minimum atomic E-state index is -3.92. The number of aromatic amines is 1. The van der Waals surface area contributed by atoms with Crippen LogP contribution in [0.25, 0.3) is 0 Å². The van der Waals surface area contributed by atoms with Crippen LogP contribution in [0, 0.1) is 13.8 Å². The van der Waals surface area contributed by atoms with Crippen LogP contribution < -0.4 is 9.04 Å². The van der Waals surface area contributed by atoms with Gasteiger partial charge in [0.15, 0.2) is 5.78 Å². The maximum absolute atomic E-state index is 13.3. The zero-order valence-electron chi connectivity index (χ0n) is 16.0. The summed E-state index contributed by atoms with van der Waals surface area (Å²) in [6.45, 7) is 3.34. The summed E-state index contributed by atoms with van der Waals surface area (Å²) < 4.78 is 32.8. The van der Waals surface area contributed by atoms with Gasteiger partial charge in [-0.25, -0.2) is 8.42 Å². The first kappa shape index (κ1) is 19.7. The van der Waals surface area contributed by atoms with Crippen LogP contribution in [-0.4, -0.2) is 32.8 Å². The Labute approximate surface area is 164 Å². The van der Waals surface area contributed by atoms with Crippen molar-refractivity contribution >= 4 is 21.5 Å². The molecule has 0 saturated carbocycles. The standard InChI is InChI=1S/C21H22N2O4S/c1-15-13-20(16(2)22-15)21(24)14-23(17-9-11-18(27-3)12-10-17)28(25,26)19-7-5-4-6-8-19/h4-13,22H,14H2,1-3H3. The Morgan fingerprint density at radius 1 is 1.04 bits per heavy atom. The smallest absolute Gasteiger partial charge is 0.264 e. The summed E-state index contributed by atoms with van der Waals surface area (Å²) in [5.74, 6) is 0.321. The van der Waals surface area contributed by atoms with Crippen LogP contribution in [-0.2, 0) is 10.0 Å². The van der Waals surface area contributed by atoms with E-state index < -0.39 is 10.0 Å². The minimum absolute atomic E-state index is 0.126. The topological polar surface area (TPSA) is 79.5 Å². The number of carbonyl (C=O) groups excluding carboxylic acids is 1. The van der Waals surface area contributed by atoms with Gasteiger partial charge < -0.3 is 9.72 Å². The average molecular weight is 398 g/mol. The fourth-order valence-corrected chi connectivity index (χ4v) is 4.45. The first-order chi connectivity index (χ1) is 13.3. The number of aromatic nitrogens is 1. The highest BCUT2D eigenvalue weighted by Crippen LogP contribution is 2.26. The molecule has 0 spiro atoms. The van der Waals surface area contributed by atoms with Crippen molar-refractivity contribution in [3.8, 4) is 5.75 Å². The van der Waals surface area contributed by atoms with Gasteiger partial charge in [0.2, 0.25) is 0 Å². The molecule has 0 fully saturated rings. The van der Waals surface area contributed by atoms with Crippen LogP contribution in [0.15, 0.2) is 65.6 Å². The van der Waals surface area contributed by atoms with Gasteiger partial charge in [0.05, 0.1) is 24.2 Å². The zero-order valence-corrected chi connectivity index (χ0v) is 16.8. The molecule has 0 aliphatic carbocycles. The molecule has 3 aromatic rings. The molecule has 0 aliphatic rings. The van der Waals surface area contributed by atoms with E-state index in [2.05, 4.69) is 4.98 Å². The molecule has 0 unspecified atom stereocenters. The van der Waals surface area contributed by atoms with Crippen molar-refractivity contribution in [1.29, 1.82) is 0 Å². The number of aryl methyl sites for hydroxylation is 2. The van der Waals surface area contributed by atoms with E-state index in [4.69, 9.17) is 4.74 Å². The summed E-state index contributed by atoms with van der Waals surface area (Å²) >= 11 is 0. The number of anilines is 1. The lowest BCUT2D eigenvalue weighted by Crippen LogP contribution is -2.36. The van der Waals surface area contributed by atoms with Crippen molar-refractivity contribution in [2.24, 2.45) is 0 Å². The molecule has 0 atom stereocenters. The molecule has 28 heavy (non-hydrogen) atoms. The SMILES string of the molecule is COc1ccc(N(CC(=O)c2cc(C)[nH]c2C)S(=O)(=O)c2ccccc2)cc1. The van der Waals surface area contributed by atoms with Crippen molar-refractivity contribution in [2.75, 3.05) is 18.0 Å². The Morgan fingerprint density at radius 3 is 2.21 bits per heavy atom. The van der Waals surface area contributed by atoms with Crippen molar-refractivity contribution in [3.63, 3.8) is 0 Å². The van der Waals surface area contributed by atoms with Crippen molar-refractivity contribution < 1.29 is 17.9 Å². The summed E-state index contributed by atoms with van der Waals surface area (Å²) in [5.41, 5.74) is 2.44. The molecular formula is C21H22N2O4S. The first-order valence-electron chi connectivity index (χ1n) is 8.74. The largest absolute Gasteiger partial charge is 0.497 e. The summed E-state index contributed by atoms with van der Waals surface area (Å²) in [4.78, 5) is 16.1. The van der Waals surface area contributed by atoms with Crippen molar-refractivity contribution in [2.45, 2.75) is 18.7 Å². The van der Waals surface area contributed by atoms with E-state index in [0.717, 1.165) is 10.00 Å². The van der Waals surface area contributed by atoms with E-state index >= 15 is 0 Å². The second kappa shape index (κ2) is 7.90. The quantitative estimate of drug-likeness (QED) is 0.615. The maximum atomic E-state index is 13.3. The van der Waals surface area contributed by atoms with E-state index in [1.165, 1.54) is 19.2 Å². The fourth-order valence-electron chi connectivity index (χ4n) is 3.01. The van der Waals surface area contributed by atoms with Gasteiger partial charge in [-0.15, -0.1) is 0 Å². The van der Waals surface area contributed by atoms with Gasteiger partial charge in [0.1, 0.15) is 5.75 Å². The highest BCUT2D eigenvalue weighted by Gasteiger charge is 2.28. The number of nitrogens with zero attached hydrogens (tertiary/aromatic N) is 1. The molecule has 1 aromatic heterocycles. The molecule has 0 amide bonds. The van der Waals surface area contributed by atoms with Gasteiger partial charge in [-0.2, -0.15) is 0 Å². The van der Waals surface area contributed by atoms with Crippen LogP contribution in [0.5, 0.6) is 5.75 Å². The molecular weight excluding hydrogens is 376 g/mol. The molecule has 1 heterocycles. The third-order valence-corrected chi connectivity index (χ3v) is 6.22. The van der Waals surface area contributed by atoms with Crippen LogP contribution in [0.1, 0.15) is 21.7 Å². The number of Topliss-reactive ketones (excluding diaryl/α,β-unsaturated/α-hetero) is 1. The van der Waals surface area contributed by atoms with Gasteiger partial charge >= 0.3 is 0 Å². The number of hydrogen-bond donors (Lipinski definition) is 1. The monoisotopic (exact) mass is 398 g/mol. The number of hydrogen-bond acceptors (Lipinski definition) is 4. The van der Waals surface area contributed by atoms with Gasteiger partial charge in [-0.05, 0) is 56.3 Å². The van der Waals surface area contributed by atoms with Gasteiger partial charge in [-0.1, -0.05) is 18.2 Å². The Kier molecular flexibility index (Phi) is 5.56. The number of ketones is 1. The van der Waals surface area contributed by atoms with Gasteiger partial charge in [-0.3, -0.25) is 9.10 Å². The number of rotatable bonds is 7.